The quantitative estimate of drug-likeness (QED) is 0.719. The predicted octanol–water partition coefficient (Wildman–Crippen LogP) is 2.31. The van der Waals surface area contributed by atoms with E-state index in [2.05, 4.69) is 10.3 Å². The SMILES string of the molecule is CCNc1ccc2scnc2c1N. The van der Waals surface area contributed by atoms with E-state index in [4.69, 9.17) is 5.73 Å². The molecule has 0 saturated carbocycles. The lowest BCUT2D eigenvalue weighted by atomic mass is 10.2. The van der Waals surface area contributed by atoms with Gasteiger partial charge in [-0.2, -0.15) is 0 Å². The Hall–Kier alpha value is -1.29. The molecule has 0 aliphatic carbocycles. The Morgan fingerprint density at radius 1 is 1.54 bits per heavy atom. The van der Waals surface area contributed by atoms with Crippen LogP contribution in [0.15, 0.2) is 17.6 Å². The molecule has 3 nitrogen and oxygen atoms in total. The second-order valence-electron chi connectivity index (χ2n) is 2.76. The standard InChI is InChI=1S/C9H11N3S/c1-2-11-6-3-4-7-9(8(6)10)12-5-13-7/h3-5,11H,2,10H2,1H3. The van der Waals surface area contributed by atoms with E-state index in [0.717, 1.165) is 28.1 Å². The summed E-state index contributed by atoms with van der Waals surface area (Å²) in [5, 5.41) is 3.20. The smallest absolute Gasteiger partial charge is 0.106 e. The minimum Gasteiger partial charge on any atom is -0.395 e. The highest BCUT2D eigenvalue weighted by atomic mass is 32.1. The number of anilines is 2. The van der Waals surface area contributed by atoms with Crippen molar-refractivity contribution in [3.05, 3.63) is 17.6 Å². The van der Waals surface area contributed by atoms with Crippen molar-refractivity contribution in [2.45, 2.75) is 6.92 Å². The van der Waals surface area contributed by atoms with Gasteiger partial charge in [0.15, 0.2) is 0 Å². The van der Waals surface area contributed by atoms with E-state index in [1.807, 2.05) is 24.6 Å². The van der Waals surface area contributed by atoms with Crippen LogP contribution in [-0.4, -0.2) is 11.5 Å². The lowest BCUT2D eigenvalue weighted by molar-refractivity contribution is 1.22. The van der Waals surface area contributed by atoms with Crippen LogP contribution in [0, 0.1) is 0 Å². The minimum absolute atomic E-state index is 0.751. The molecule has 0 atom stereocenters. The molecule has 0 aliphatic rings. The number of nitrogen functional groups attached to an aromatic ring is 1. The Kier molecular flexibility index (Phi) is 2.06. The summed E-state index contributed by atoms with van der Waals surface area (Å²) in [6.07, 6.45) is 0. The van der Waals surface area contributed by atoms with E-state index in [-0.39, 0.29) is 0 Å². The molecule has 0 fully saturated rings. The first-order valence-corrected chi connectivity index (χ1v) is 5.06. The molecule has 0 spiro atoms. The number of hydrogen-bond acceptors (Lipinski definition) is 4. The highest BCUT2D eigenvalue weighted by Crippen LogP contribution is 2.29. The van der Waals surface area contributed by atoms with E-state index >= 15 is 0 Å². The highest BCUT2D eigenvalue weighted by molar-refractivity contribution is 7.16. The first kappa shape index (κ1) is 8.31. The van der Waals surface area contributed by atoms with Gasteiger partial charge in [0.25, 0.3) is 0 Å². The van der Waals surface area contributed by atoms with Crippen LogP contribution in [0.4, 0.5) is 11.4 Å². The zero-order chi connectivity index (χ0) is 9.26. The van der Waals surface area contributed by atoms with Crippen molar-refractivity contribution in [2.24, 2.45) is 0 Å². The van der Waals surface area contributed by atoms with Crippen molar-refractivity contribution >= 4 is 32.9 Å². The van der Waals surface area contributed by atoms with Gasteiger partial charge in [0.05, 0.1) is 21.6 Å². The van der Waals surface area contributed by atoms with Crippen LogP contribution in [0.1, 0.15) is 6.92 Å². The molecule has 0 aliphatic heterocycles. The molecule has 3 N–H and O–H groups in total. The van der Waals surface area contributed by atoms with E-state index in [1.165, 1.54) is 0 Å². The zero-order valence-electron chi connectivity index (χ0n) is 7.37. The molecule has 0 unspecified atom stereocenters. The van der Waals surface area contributed by atoms with Gasteiger partial charge >= 0.3 is 0 Å². The molecule has 68 valence electrons. The van der Waals surface area contributed by atoms with Gasteiger partial charge in [-0.3, -0.25) is 0 Å². The molecular weight excluding hydrogens is 182 g/mol. The van der Waals surface area contributed by atoms with Crippen molar-refractivity contribution in [2.75, 3.05) is 17.6 Å². The summed E-state index contributed by atoms with van der Waals surface area (Å²) in [7, 11) is 0. The molecule has 2 aromatic rings. The van der Waals surface area contributed by atoms with Gasteiger partial charge in [-0.05, 0) is 19.1 Å². The van der Waals surface area contributed by atoms with Gasteiger partial charge in [0.2, 0.25) is 0 Å². The monoisotopic (exact) mass is 193 g/mol. The van der Waals surface area contributed by atoms with Crippen LogP contribution in [0.2, 0.25) is 0 Å². The molecule has 0 radical (unpaired) electrons. The number of thiazole rings is 1. The van der Waals surface area contributed by atoms with Crippen molar-refractivity contribution in [1.29, 1.82) is 0 Å². The van der Waals surface area contributed by atoms with Crippen LogP contribution < -0.4 is 11.1 Å². The Bertz CT molecular complexity index is 422. The molecule has 4 heteroatoms. The summed E-state index contributed by atoms with van der Waals surface area (Å²) in [5.41, 5.74) is 10.4. The second-order valence-corrected chi connectivity index (χ2v) is 3.64. The predicted molar refractivity (Wildman–Crippen MR) is 58.2 cm³/mol. The summed E-state index contributed by atoms with van der Waals surface area (Å²) >= 11 is 1.61. The summed E-state index contributed by atoms with van der Waals surface area (Å²) in [5.74, 6) is 0. The third-order valence-corrected chi connectivity index (χ3v) is 2.70. The normalized spacial score (nSPS) is 10.5. The Morgan fingerprint density at radius 3 is 3.15 bits per heavy atom. The molecule has 1 aromatic heterocycles. The number of rotatable bonds is 2. The fraction of sp³-hybridized carbons (Fsp3) is 0.222. The first-order valence-electron chi connectivity index (χ1n) is 4.18. The average molecular weight is 193 g/mol. The molecular formula is C9H11N3S. The lowest BCUT2D eigenvalue weighted by Crippen LogP contribution is -2.00. The maximum absolute atomic E-state index is 5.93. The summed E-state index contributed by atoms with van der Waals surface area (Å²) in [4.78, 5) is 4.21. The number of hydrogen-bond donors (Lipinski definition) is 2. The van der Waals surface area contributed by atoms with Crippen LogP contribution in [0.25, 0.3) is 10.2 Å². The lowest BCUT2D eigenvalue weighted by Gasteiger charge is -2.06. The number of fused-ring (bicyclic) bond motifs is 1. The average Bonchev–Trinajstić information content (AvgIpc) is 2.58. The highest BCUT2D eigenvalue weighted by Gasteiger charge is 2.04. The fourth-order valence-electron chi connectivity index (χ4n) is 1.30. The van der Waals surface area contributed by atoms with Crippen LogP contribution in [0.5, 0.6) is 0 Å². The van der Waals surface area contributed by atoms with Crippen LogP contribution >= 0.6 is 11.3 Å². The molecule has 0 amide bonds. The largest absolute Gasteiger partial charge is 0.395 e. The minimum atomic E-state index is 0.751. The van der Waals surface area contributed by atoms with Crippen molar-refractivity contribution in [3.8, 4) is 0 Å². The zero-order valence-corrected chi connectivity index (χ0v) is 8.19. The van der Waals surface area contributed by atoms with Gasteiger partial charge in [-0.15, -0.1) is 11.3 Å². The topological polar surface area (TPSA) is 50.9 Å². The number of nitrogens with one attached hydrogen (secondary N) is 1. The van der Waals surface area contributed by atoms with Gasteiger partial charge < -0.3 is 11.1 Å². The van der Waals surface area contributed by atoms with Gasteiger partial charge in [-0.25, -0.2) is 4.98 Å². The molecule has 0 bridgehead atoms. The Morgan fingerprint density at radius 2 is 2.38 bits per heavy atom. The molecule has 13 heavy (non-hydrogen) atoms. The second kappa shape index (κ2) is 3.22. The summed E-state index contributed by atoms with van der Waals surface area (Å²) in [6, 6.07) is 4.04. The van der Waals surface area contributed by atoms with Crippen molar-refractivity contribution in [1.82, 2.24) is 4.98 Å². The Balaban J connectivity index is 2.59. The Labute approximate surface area is 80.6 Å². The molecule has 0 saturated heterocycles. The third-order valence-electron chi connectivity index (χ3n) is 1.91. The maximum atomic E-state index is 5.93. The van der Waals surface area contributed by atoms with Crippen molar-refractivity contribution < 1.29 is 0 Å². The van der Waals surface area contributed by atoms with E-state index in [9.17, 15) is 0 Å². The first-order chi connectivity index (χ1) is 6.33. The molecule has 1 aromatic carbocycles. The van der Waals surface area contributed by atoms with Gasteiger partial charge in [0.1, 0.15) is 5.52 Å². The van der Waals surface area contributed by atoms with Gasteiger partial charge in [0, 0.05) is 6.54 Å². The number of nitrogens with zero attached hydrogens (tertiary/aromatic N) is 1. The number of nitrogens with two attached hydrogens (primary N) is 1. The maximum Gasteiger partial charge on any atom is 0.106 e. The van der Waals surface area contributed by atoms with Gasteiger partial charge in [-0.1, -0.05) is 0 Å². The summed E-state index contributed by atoms with van der Waals surface area (Å²) in [6.45, 7) is 2.92. The van der Waals surface area contributed by atoms with Crippen LogP contribution in [-0.2, 0) is 0 Å². The number of benzene rings is 1. The van der Waals surface area contributed by atoms with E-state index < -0.39 is 0 Å². The third kappa shape index (κ3) is 1.33. The van der Waals surface area contributed by atoms with Crippen LogP contribution in [0.3, 0.4) is 0 Å². The number of aromatic nitrogens is 1. The fourth-order valence-corrected chi connectivity index (χ4v) is 1.99. The molecule has 1 heterocycles. The van der Waals surface area contributed by atoms with E-state index in [0.29, 0.717) is 0 Å². The van der Waals surface area contributed by atoms with E-state index in [1.54, 1.807) is 11.3 Å². The summed E-state index contributed by atoms with van der Waals surface area (Å²) < 4.78 is 1.14. The molecule has 2 rings (SSSR count). The van der Waals surface area contributed by atoms with Crippen molar-refractivity contribution in [3.63, 3.8) is 0 Å².